The number of nitrogen functional groups attached to an aromatic ring is 1. The van der Waals surface area contributed by atoms with E-state index >= 15 is 0 Å². The minimum absolute atomic E-state index is 0.0774. The maximum Gasteiger partial charge on any atom is 0.0540 e. The van der Waals surface area contributed by atoms with E-state index in [-0.39, 0.29) is 6.10 Å². The molecule has 88 valence electrons. The first-order valence-corrected chi connectivity index (χ1v) is 6.12. The highest BCUT2D eigenvalue weighted by molar-refractivity contribution is 5.52. The van der Waals surface area contributed by atoms with E-state index in [1.54, 1.807) is 0 Å². The van der Waals surface area contributed by atoms with Crippen molar-refractivity contribution in [3.8, 4) is 0 Å². The van der Waals surface area contributed by atoms with Crippen LogP contribution in [0.1, 0.15) is 48.3 Å². The monoisotopic (exact) mass is 219 g/mol. The summed E-state index contributed by atoms with van der Waals surface area (Å²) >= 11 is 0. The second kappa shape index (κ2) is 4.46. The number of aliphatic hydroxyl groups excluding tert-OH is 1. The summed E-state index contributed by atoms with van der Waals surface area (Å²) in [6.07, 6.45) is 4.00. The minimum atomic E-state index is -0.0774. The van der Waals surface area contributed by atoms with Crippen LogP contribution in [-0.2, 0) is 0 Å². The molecule has 16 heavy (non-hydrogen) atoms. The fourth-order valence-corrected chi connectivity index (χ4v) is 2.69. The zero-order valence-corrected chi connectivity index (χ0v) is 10.2. The van der Waals surface area contributed by atoms with Gasteiger partial charge in [0.2, 0.25) is 0 Å². The van der Waals surface area contributed by atoms with E-state index in [1.807, 2.05) is 0 Å². The van der Waals surface area contributed by atoms with Crippen molar-refractivity contribution in [3.05, 3.63) is 28.8 Å². The average molecular weight is 219 g/mol. The Hall–Kier alpha value is -1.02. The van der Waals surface area contributed by atoms with Crippen LogP contribution in [-0.4, -0.2) is 11.2 Å². The van der Waals surface area contributed by atoms with E-state index in [0.717, 1.165) is 31.4 Å². The van der Waals surface area contributed by atoms with Crippen LogP contribution in [0.5, 0.6) is 0 Å². The molecule has 0 saturated heterocycles. The lowest BCUT2D eigenvalue weighted by molar-refractivity contribution is 0.122. The van der Waals surface area contributed by atoms with Gasteiger partial charge in [-0.1, -0.05) is 6.07 Å². The van der Waals surface area contributed by atoms with Gasteiger partial charge in [-0.3, -0.25) is 0 Å². The van der Waals surface area contributed by atoms with E-state index in [9.17, 15) is 5.11 Å². The van der Waals surface area contributed by atoms with Crippen molar-refractivity contribution in [1.29, 1.82) is 0 Å². The summed E-state index contributed by atoms with van der Waals surface area (Å²) in [7, 11) is 0. The second-order valence-electron chi connectivity index (χ2n) is 5.07. The van der Waals surface area contributed by atoms with Gasteiger partial charge < -0.3 is 10.8 Å². The number of benzene rings is 1. The van der Waals surface area contributed by atoms with Gasteiger partial charge in [0, 0.05) is 5.69 Å². The molecule has 3 N–H and O–H groups in total. The SMILES string of the molecule is Cc1cc([C@H]2CC[C@H](O)CC2)c(C)cc1N. The highest BCUT2D eigenvalue weighted by atomic mass is 16.3. The molecule has 0 heterocycles. The van der Waals surface area contributed by atoms with E-state index in [4.69, 9.17) is 5.73 Å². The lowest BCUT2D eigenvalue weighted by Crippen LogP contribution is -2.17. The van der Waals surface area contributed by atoms with Crippen molar-refractivity contribution in [2.75, 3.05) is 5.73 Å². The van der Waals surface area contributed by atoms with Crippen molar-refractivity contribution in [2.24, 2.45) is 0 Å². The standard InChI is InChI=1S/C14H21NO/c1-9-8-14(15)10(2)7-13(9)11-3-5-12(16)6-4-11/h7-8,11-12,16H,3-6,15H2,1-2H3/t11-,12-. The van der Waals surface area contributed by atoms with Crippen LogP contribution in [0.4, 0.5) is 5.69 Å². The Morgan fingerprint density at radius 2 is 1.69 bits per heavy atom. The van der Waals surface area contributed by atoms with Crippen molar-refractivity contribution < 1.29 is 5.11 Å². The molecule has 1 fully saturated rings. The van der Waals surface area contributed by atoms with Gasteiger partial charge in [-0.25, -0.2) is 0 Å². The number of hydrogen-bond acceptors (Lipinski definition) is 2. The van der Waals surface area contributed by atoms with Gasteiger partial charge in [-0.05, 0) is 68.2 Å². The second-order valence-corrected chi connectivity index (χ2v) is 5.07. The number of aliphatic hydroxyl groups is 1. The molecular weight excluding hydrogens is 198 g/mol. The number of rotatable bonds is 1. The Kier molecular flexibility index (Phi) is 3.20. The summed E-state index contributed by atoms with van der Waals surface area (Å²) in [5.74, 6) is 0.614. The van der Waals surface area contributed by atoms with Gasteiger partial charge in [-0.2, -0.15) is 0 Å². The van der Waals surface area contributed by atoms with Crippen LogP contribution in [0.15, 0.2) is 12.1 Å². The molecule has 1 aliphatic carbocycles. The molecule has 2 nitrogen and oxygen atoms in total. The minimum Gasteiger partial charge on any atom is -0.399 e. The highest BCUT2D eigenvalue weighted by Gasteiger charge is 2.22. The van der Waals surface area contributed by atoms with E-state index in [1.165, 1.54) is 16.7 Å². The molecule has 1 aromatic carbocycles. The molecule has 0 aromatic heterocycles. The van der Waals surface area contributed by atoms with Gasteiger partial charge in [0.25, 0.3) is 0 Å². The fourth-order valence-electron chi connectivity index (χ4n) is 2.69. The van der Waals surface area contributed by atoms with E-state index in [2.05, 4.69) is 26.0 Å². The fraction of sp³-hybridized carbons (Fsp3) is 0.571. The van der Waals surface area contributed by atoms with E-state index in [0.29, 0.717) is 5.92 Å². The maximum atomic E-state index is 9.52. The molecular formula is C14H21NO. The lowest BCUT2D eigenvalue weighted by Gasteiger charge is -2.27. The number of aryl methyl sites for hydroxylation is 2. The van der Waals surface area contributed by atoms with Crippen molar-refractivity contribution in [1.82, 2.24) is 0 Å². The molecule has 0 spiro atoms. The first kappa shape index (κ1) is 11.5. The molecule has 0 radical (unpaired) electrons. The molecule has 0 atom stereocenters. The zero-order chi connectivity index (χ0) is 11.7. The number of nitrogens with two attached hydrogens (primary N) is 1. The van der Waals surface area contributed by atoms with E-state index < -0.39 is 0 Å². The van der Waals surface area contributed by atoms with Crippen molar-refractivity contribution in [3.63, 3.8) is 0 Å². The van der Waals surface area contributed by atoms with Crippen LogP contribution in [0.2, 0.25) is 0 Å². The Balaban J connectivity index is 2.23. The molecule has 2 rings (SSSR count). The Morgan fingerprint density at radius 3 is 2.31 bits per heavy atom. The molecule has 1 saturated carbocycles. The summed E-state index contributed by atoms with van der Waals surface area (Å²) in [4.78, 5) is 0. The topological polar surface area (TPSA) is 46.2 Å². The number of anilines is 1. The predicted molar refractivity (Wildman–Crippen MR) is 67.5 cm³/mol. The van der Waals surface area contributed by atoms with Crippen LogP contribution >= 0.6 is 0 Å². The van der Waals surface area contributed by atoms with Crippen LogP contribution in [0, 0.1) is 13.8 Å². The summed E-state index contributed by atoms with van der Waals surface area (Å²) in [6.45, 7) is 4.20. The third kappa shape index (κ3) is 2.22. The Bertz CT molecular complexity index is 379. The summed E-state index contributed by atoms with van der Waals surface area (Å²) in [5, 5.41) is 9.52. The van der Waals surface area contributed by atoms with Gasteiger partial charge in [-0.15, -0.1) is 0 Å². The molecule has 1 aliphatic rings. The van der Waals surface area contributed by atoms with Crippen LogP contribution in [0.3, 0.4) is 0 Å². The largest absolute Gasteiger partial charge is 0.399 e. The molecule has 0 bridgehead atoms. The average Bonchev–Trinajstić information content (AvgIpc) is 2.25. The van der Waals surface area contributed by atoms with Crippen LogP contribution < -0.4 is 5.73 Å². The first-order valence-electron chi connectivity index (χ1n) is 6.12. The Labute approximate surface area is 97.5 Å². The summed E-state index contributed by atoms with van der Waals surface area (Å²) in [6, 6.07) is 4.31. The third-order valence-corrected chi connectivity index (χ3v) is 3.79. The Morgan fingerprint density at radius 1 is 1.06 bits per heavy atom. The maximum absolute atomic E-state index is 9.52. The molecule has 2 heteroatoms. The quantitative estimate of drug-likeness (QED) is 0.713. The first-order chi connectivity index (χ1) is 7.58. The molecule has 0 unspecified atom stereocenters. The van der Waals surface area contributed by atoms with Gasteiger partial charge >= 0.3 is 0 Å². The summed E-state index contributed by atoms with van der Waals surface area (Å²) < 4.78 is 0. The highest BCUT2D eigenvalue weighted by Crippen LogP contribution is 2.35. The molecule has 0 amide bonds. The molecule has 0 aliphatic heterocycles. The normalized spacial score (nSPS) is 25.7. The number of hydrogen-bond donors (Lipinski definition) is 2. The smallest absolute Gasteiger partial charge is 0.0540 e. The molecule has 1 aromatic rings. The van der Waals surface area contributed by atoms with Gasteiger partial charge in [0.1, 0.15) is 0 Å². The van der Waals surface area contributed by atoms with Crippen molar-refractivity contribution in [2.45, 2.75) is 51.6 Å². The van der Waals surface area contributed by atoms with Gasteiger partial charge in [0.05, 0.1) is 6.10 Å². The zero-order valence-electron chi connectivity index (χ0n) is 10.2. The van der Waals surface area contributed by atoms with Crippen molar-refractivity contribution >= 4 is 5.69 Å². The van der Waals surface area contributed by atoms with Crippen LogP contribution in [0.25, 0.3) is 0 Å². The predicted octanol–water partition coefficient (Wildman–Crippen LogP) is 2.90. The third-order valence-electron chi connectivity index (χ3n) is 3.79. The lowest BCUT2D eigenvalue weighted by atomic mass is 9.80. The summed E-state index contributed by atoms with van der Waals surface area (Å²) in [5.41, 5.74) is 10.7. The van der Waals surface area contributed by atoms with Gasteiger partial charge in [0.15, 0.2) is 0 Å².